The predicted molar refractivity (Wildman–Crippen MR) is 58.1 cm³/mol. The molecule has 0 fully saturated rings. The van der Waals surface area contributed by atoms with Gasteiger partial charge < -0.3 is 9.84 Å². The quantitative estimate of drug-likeness (QED) is 0.879. The van der Waals surface area contributed by atoms with Crippen molar-refractivity contribution in [2.24, 2.45) is 0 Å². The first kappa shape index (κ1) is 11.5. The predicted octanol–water partition coefficient (Wildman–Crippen LogP) is 1.72. The Kier molecular flexibility index (Phi) is 3.34. The van der Waals surface area contributed by atoms with Crippen LogP contribution in [0.3, 0.4) is 0 Å². The van der Waals surface area contributed by atoms with Gasteiger partial charge in [0.05, 0.1) is 19.0 Å². The van der Waals surface area contributed by atoms with Crippen LogP contribution >= 0.6 is 0 Å². The number of aliphatic hydroxyl groups is 1. The van der Waals surface area contributed by atoms with Crippen LogP contribution in [0.15, 0.2) is 24.7 Å². The van der Waals surface area contributed by atoms with Crippen LogP contribution in [0.1, 0.15) is 12.5 Å². The maximum Gasteiger partial charge on any atom is 0.256 e. The Morgan fingerprint density at radius 3 is 3.00 bits per heavy atom. The first-order chi connectivity index (χ1) is 8.24. The number of aryl methyl sites for hydroxylation is 1. The summed E-state index contributed by atoms with van der Waals surface area (Å²) in [5.41, 5.74) is 0.151. The third-order valence-electron chi connectivity index (χ3n) is 2.26. The Bertz CT molecular complexity index is 513. The third-order valence-corrected chi connectivity index (χ3v) is 2.26. The fourth-order valence-electron chi connectivity index (χ4n) is 1.34. The van der Waals surface area contributed by atoms with Gasteiger partial charge in [-0.15, -0.1) is 0 Å². The third kappa shape index (κ3) is 2.42. The molecule has 0 atom stereocenters. The standard InChI is InChI=1S/C11H12FN3O2/c1-2-15-6-9(5-14-15)17-11-10(12)8(7-16)3-4-13-11/h3-6,16H,2,7H2,1H3. The topological polar surface area (TPSA) is 60.2 Å². The molecule has 90 valence electrons. The van der Waals surface area contributed by atoms with E-state index in [1.807, 2.05) is 6.92 Å². The highest BCUT2D eigenvalue weighted by molar-refractivity contribution is 5.27. The fraction of sp³-hybridized carbons (Fsp3) is 0.273. The number of nitrogens with zero attached hydrogens (tertiary/aromatic N) is 3. The summed E-state index contributed by atoms with van der Waals surface area (Å²) < 4.78 is 20.6. The summed E-state index contributed by atoms with van der Waals surface area (Å²) in [5.74, 6) is -0.403. The van der Waals surface area contributed by atoms with Crippen molar-refractivity contribution in [1.82, 2.24) is 14.8 Å². The lowest BCUT2D eigenvalue weighted by molar-refractivity contribution is 0.273. The number of aliphatic hydroxyl groups excluding tert-OH is 1. The second-order valence-corrected chi connectivity index (χ2v) is 3.38. The molecule has 0 radical (unpaired) electrons. The maximum atomic E-state index is 13.7. The Morgan fingerprint density at radius 1 is 1.53 bits per heavy atom. The van der Waals surface area contributed by atoms with Crippen LogP contribution in [0, 0.1) is 5.82 Å². The van der Waals surface area contributed by atoms with Crippen molar-refractivity contribution in [1.29, 1.82) is 0 Å². The molecule has 5 nitrogen and oxygen atoms in total. The molecule has 0 bridgehead atoms. The molecule has 2 heterocycles. The molecule has 2 rings (SSSR count). The fourth-order valence-corrected chi connectivity index (χ4v) is 1.34. The number of rotatable bonds is 4. The van der Waals surface area contributed by atoms with E-state index in [-0.39, 0.29) is 18.1 Å². The summed E-state index contributed by atoms with van der Waals surface area (Å²) in [7, 11) is 0. The van der Waals surface area contributed by atoms with Gasteiger partial charge in [0.25, 0.3) is 5.88 Å². The number of aromatic nitrogens is 3. The molecule has 0 aliphatic carbocycles. The molecule has 0 amide bonds. The minimum Gasteiger partial charge on any atom is -0.433 e. The highest BCUT2D eigenvalue weighted by Gasteiger charge is 2.11. The van der Waals surface area contributed by atoms with Crippen molar-refractivity contribution in [2.45, 2.75) is 20.1 Å². The van der Waals surface area contributed by atoms with E-state index >= 15 is 0 Å². The van der Waals surface area contributed by atoms with Crippen molar-refractivity contribution in [3.8, 4) is 11.6 Å². The van der Waals surface area contributed by atoms with Crippen LogP contribution in [-0.4, -0.2) is 19.9 Å². The van der Waals surface area contributed by atoms with Gasteiger partial charge in [0.1, 0.15) is 0 Å². The summed E-state index contributed by atoms with van der Waals surface area (Å²) in [4.78, 5) is 3.77. The van der Waals surface area contributed by atoms with Gasteiger partial charge in [-0.2, -0.15) is 5.10 Å². The number of hydrogen-bond acceptors (Lipinski definition) is 4. The van der Waals surface area contributed by atoms with Crippen LogP contribution in [0.4, 0.5) is 4.39 Å². The second-order valence-electron chi connectivity index (χ2n) is 3.38. The average molecular weight is 237 g/mol. The van der Waals surface area contributed by atoms with Crippen LogP contribution < -0.4 is 4.74 Å². The smallest absolute Gasteiger partial charge is 0.256 e. The van der Waals surface area contributed by atoms with Crippen molar-refractivity contribution in [3.63, 3.8) is 0 Å². The largest absolute Gasteiger partial charge is 0.433 e. The normalized spacial score (nSPS) is 10.5. The molecule has 6 heteroatoms. The van der Waals surface area contributed by atoms with Gasteiger partial charge in [0.2, 0.25) is 0 Å². The molecular formula is C11H12FN3O2. The molecular weight excluding hydrogens is 225 g/mol. The molecule has 0 aromatic carbocycles. The van der Waals surface area contributed by atoms with Crippen LogP contribution in [0.25, 0.3) is 0 Å². The van der Waals surface area contributed by atoms with E-state index in [2.05, 4.69) is 10.1 Å². The van der Waals surface area contributed by atoms with E-state index in [0.717, 1.165) is 0 Å². The molecule has 0 aliphatic heterocycles. The first-order valence-corrected chi connectivity index (χ1v) is 5.19. The Hall–Kier alpha value is -1.95. The number of ether oxygens (including phenoxy) is 1. The zero-order valence-corrected chi connectivity index (χ0v) is 9.30. The van der Waals surface area contributed by atoms with E-state index in [9.17, 15) is 4.39 Å². The summed E-state index contributed by atoms with van der Waals surface area (Å²) in [6, 6.07) is 1.40. The van der Waals surface area contributed by atoms with Crippen molar-refractivity contribution < 1.29 is 14.2 Å². The van der Waals surface area contributed by atoms with Crippen molar-refractivity contribution in [3.05, 3.63) is 36.0 Å². The molecule has 0 saturated carbocycles. The van der Waals surface area contributed by atoms with E-state index in [1.165, 1.54) is 18.5 Å². The van der Waals surface area contributed by atoms with Crippen molar-refractivity contribution >= 4 is 0 Å². The molecule has 0 spiro atoms. The van der Waals surface area contributed by atoms with Gasteiger partial charge in [-0.05, 0) is 13.0 Å². The van der Waals surface area contributed by atoms with E-state index < -0.39 is 5.82 Å². The van der Waals surface area contributed by atoms with Crippen molar-refractivity contribution in [2.75, 3.05) is 0 Å². The van der Waals surface area contributed by atoms with Crippen LogP contribution in [0.5, 0.6) is 11.6 Å². The maximum absolute atomic E-state index is 13.7. The lowest BCUT2D eigenvalue weighted by atomic mass is 10.3. The van der Waals surface area contributed by atoms with Gasteiger partial charge in [0.15, 0.2) is 11.6 Å². The molecule has 1 N–H and O–H groups in total. The van der Waals surface area contributed by atoms with Crippen LogP contribution in [-0.2, 0) is 13.2 Å². The number of hydrogen-bond donors (Lipinski definition) is 1. The Morgan fingerprint density at radius 2 is 2.35 bits per heavy atom. The highest BCUT2D eigenvalue weighted by atomic mass is 19.1. The first-order valence-electron chi connectivity index (χ1n) is 5.19. The highest BCUT2D eigenvalue weighted by Crippen LogP contribution is 2.23. The lowest BCUT2D eigenvalue weighted by Gasteiger charge is -2.05. The Balaban J connectivity index is 2.23. The summed E-state index contributed by atoms with van der Waals surface area (Å²) >= 11 is 0. The van der Waals surface area contributed by atoms with Gasteiger partial charge in [-0.25, -0.2) is 9.37 Å². The second kappa shape index (κ2) is 4.92. The van der Waals surface area contributed by atoms with E-state index in [4.69, 9.17) is 9.84 Å². The number of halogens is 1. The molecule has 0 aliphatic rings. The molecule has 0 unspecified atom stereocenters. The zero-order valence-electron chi connectivity index (χ0n) is 9.30. The van der Waals surface area contributed by atoms with Gasteiger partial charge in [0, 0.05) is 18.3 Å². The number of pyridine rings is 1. The summed E-state index contributed by atoms with van der Waals surface area (Å²) in [6.07, 6.45) is 4.51. The van der Waals surface area contributed by atoms with Gasteiger partial charge in [-0.3, -0.25) is 4.68 Å². The molecule has 2 aromatic rings. The molecule has 2 aromatic heterocycles. The summed E-state index contributed by atoms with van der Waals surface area (Å²) in [5, 5.41) is 12.9. The average Bonchev–Trinajstić information content (AvgIpc) is 2.79. The van der Waals surface area contributed by atoms with E-state index in [1.54, 1.807) is 10.9 Å². The zero-order chi connectivity index (χ0) is 12.3. The monoisotopic (exact) mass is 237 g/mol. The SMILES string of the molecule is CCn1cc(Oc2nccc(CO)c2F)cn1. The minimum absolute atomic E-state index is 0.151. The molecule has 0 saturated heterocycles. The minimum atomic E-state index is -0.653. The van der Waals surface area contributed by atoms with Gasteiger partial charge >= 0.3 is 0 Å². The Labute approximate surface area is 97.5 Å². The van der Waals surface area contributed by atoms with Gasteiger partial charge in [-0.1, -0.05) is 0 Å². The van der Waals surface area contributed by atoms with E-state index in [0.29, 0.717) is 12.3 Å². The lowest BCUT2D eigenvalue weighted by Crippen LogP contribution is -1.97. The molecule has 17 heavy (non-hydrogen) atoms. The van der Waals surface area contributed by atoms with Crippen LogP contribution in [0.2, 0.25) is 0 Å². The summed E-state index contributed by atoms with van der Waals surface area (Å²) in [6.45, 7) is 2.25.